The van der Waals surface area contributed by atoms with Crippen LogP contribution in [0.2, 0.25) is 0 Å². The molecule has 1 heterocycles. The van der Waals surface area contributed by atoms with Gasteiger partial charge in [-0.1, -0.05) is 0 Å². The van der Waals surface area contributed by atoms with E-state index in [4.69, 9.17) is 10.00 Å². The number of benzene rings is 1. The van der Waals surface area contributed by atoms with Crippen LogP contribution in [0.15, 0.2) is 18.2 Å². The fourth-order valence-corrected chi connectivity index (χ4v) is 2.21. The predicted octanol–water partition coefficient (Wildman–Crippen LogP) is 0.772. The second kappa shape index (κ2) is 5.12. The smallest absolute Gasteiger partial charge is 0.230 e. The number of hydrogen-bond donors (Lipinski definition) is 3. The molecule has 0 aliphatic carbocycles. The number of nitriles is 1. The van der Waals surface area contributed by atoms with E-state index in [1.807, 2.05) is 6.07 Å². The summed E-state index contributed by atoms with van der Waals surface area (Å²) in [7, 11) is 0. The first kappa shape index (κ1) is 14.3. The molecule has 0 saturated carbocycles. The fraction of sp³-hybridized carbons (Fsp3) is 0.429. The Balaban J connectivity index is 2.42. The maximum absolute atomic E-state index is 11.1. The van der Waals surface area contributed by atoms with Crippen LogP contribution in [0.25, 0.3) is 0 Å². The van der Waals surface area contributed by atoms with E-state index in [0.29, 0.717) is 16.9 Å². The lowest BCUT2D eigenvalue weighted by Crippen LogP contribution is -2.55. The summed E-state index contributed by atoms with van der Waals surface area (Å²) in [5.41, 5.74) is 5.57. The van der Waals surface area contributed by atoms with E-state index < -0.39 is 17.7 Å². The van der Waals surface area contributed by atoms with Crippen molar-refractivity contribution in [1.29, 1.82) is 5.26 Å². The second-order valence-electron chi connectivity index (χ2n) is 5.32. The Hall–Kier alpha value is -2.10. The van der Waals surface area contributed by atoms with Gasteiger partial charge < -0.3 is 9.84 Å². The van der Waals surface area contributed by atoms with Crippen LogP contribution < -0.4 is 15.6 Å². The van der Waals surface area contributed by atoms with Crippen LogP contribution in [0.3, 0.4) is 0 Å². The van der Waals surface area contributed by atoms with Crippen molar-refractivity contribution in [2.45, 2.75) is 38.5 Å². The molecule has 0 radical (unpaired) electrons. The number of amides is 1. The Morgan fingerprint density at radius 3 is 2.80 bits per heavy atom. The number of aliphatic hydroxyl groups excluding tert-OH is 1. The number of nitrogens with one attached hydrogen (secondary N) is 2. The Bertz CT molecular complexity index is 578. The Morgan fingerprint density at radius 1 is 1.50 bits per heavy atom. The van der Waals surface area contributed by atoms with Crippen molar-refractivity contribution in [2.75, 3.05) is 0 Å². The van der Waals surface area contributed by atoms with Gasteiger partial charge in [-0.15, -0.1) is 0 Å². The van der Waals surface area contributed by atoms with Gasteiger partial charge in [0.25, 0.3) is 0 Å². The maximum atomic E-state index is 11.1. The molecule has 2 atom stereocenters. The topological polar surface area (TPSA) is 94.4 Å². The SMILES string of the molecule is CC(=O)NN[C@@H]1c2cc(C#N)ccc2OC(C)(C)[C@H]1O. The quantitative estimate of drug-likeness (QED) is 0.693. The first-order valence-corrected chi connectivity index (χ1v) is 6.28. The van der Waals surface area contributed by atoms with Crippen LogP contribution in [0.4, 0.5) is 0 Å². The average molecular weight is 275 g/mol. The van der Waals surface area contributed by atoms with E-state index >= 15 is 0 Å². The van der Waals surface area contributed by atoms with Crippen LogP contribution in [0.5, 0.6) is 5.75 Å². The van der Waals surface area contributed by atoms with Crippen molar-refractivity contribution in [3.05, 3.63) is 29.3 Å². The van der Waals surface area contributed by atoms with Gasteiger partial charge in [-0.3, -0.25) is 10.2 Å². The van der Waals surface area contributed by atoms with E-state index in [1.54, 1.807) is 32.0 Å². The summed E-state index contributed by atoms with van der Waals surface area (Å²) in [5.74, 6) is 0.321. The van der Waals surface area contributed by atoms with Gasteiger partial charge in [0, 0.05) is 12.5 Å². The summed E-state index contributed by atoms with van der Waals surface area (Å²) in [6, 6.07) is 6.50. The van der Waals surface area contributed by atoms with Gasteiger partial charge in [0.1, 0.15) is 17.5 Å². The highest BCUT2D eigenvalue weighted by atomic mass is 16.5. The lowest BCUT2D eigenvalue weighted by molar-refractivity contribution is -0.121. The number of aliphatic hydroxyl groups is 1. The molecule has 0 bridgehead atoms. The number of rotatable bonds is 2. The van der Waals surface area contributed by atoms with E-state index in [2.05, 4.69) is 10.9 Å². The van der Waals surface area contributed by atoms with E-state index in [0.717, 1.165) is 0 Å². The highest BCUT2D eigenvalue weighted by Gasteiger charge is 2.43. The minimum atomic E-state index is -0.879. The van der Waals surface area contributed by atoms with Crippen molar-refractivity contribution < 1.29 is 14.6 Å². The molecule has 106 valence electrons. The van der Waals surface area contributed by atoms with Crippen molar-refractivity contribution in [3.63, 3.8) is 0 Å². The first-order valence-electron chi connectivity index (χ1n) is 6.28. The highest BCUT2D eigenvalue weighted by molar-refractivity contribution is 5.72. The molecular weight excluding hydrogens is 258 g/mol. The summed E-state index contributed by atoms with van der Waals surface area (Å²) in [5, 5.41) is 19.4. The van der Waals surface area contributed by atoms with Crippen molar-refractivity contribution >= 4 is 5.91 Å². The van der Waals surface area contributed by atoms with Crippen LogP contribution in [0.1, 0.15) is 37.9 Å². The third-order valence-corrected chi connectivity index (χ3v) is 3.28. The maximum Gasteiger partial charge on any atom is 0.230 e. The zero-order chi connectivity index (χ0) is 14.9. The molecular formula is C14H17N3O3. The molecule has 3 N–H and O–H groups in total. The fourth-order valence-electron chi connectivity index (χ4n) is 2.21. The lowest BCUT2D eigenvalue weighted by Gasteiger charge is -2.42. The Labute approximate surface area is 117 Å². The molecule has 1 aliphatic rings. The molecule has 0 saturated heterocycles. The van der Waals surface area contributed by atoms with Crippen LogP contribution in [-0.2, 0) is 4.79 Å². The zero-order valence-corrected chi connectivity index (χ0v) is 11.6. The molecule has 6 heteroatoms. The minimum Gasteiger partial charge on any atom is -0.485 e. The van der Waals surface area contributed by atoms with Crippen LogP contribution in [0, 0.1) is 11.3 Å². The molecule has 1 aromatic rings. The lowest BCUT2D eigenvalue weighted by atomic mass is 9.86. The van der Waals surface area contributed by atoms with Crippen LogP contribution >= 0.6 is 0 Å². The third-order valence-electron chi connectivity index (χ3n) is 3.28. The standard InChI is InChI=1S/C14H17N3O3/c1-8(18)16-17-12-10-6-9(7-15)4-5-11(10)20-14(2,3)13(12)19/h4-6,12-13,17,19H,1-3H3,(H,16,18)/t12-,13+/m1/s1. The number of hydrogen-bond acceptors (Lipinski definition) is 5. The summed E-state index contributed by atoms with van der Waals surface area (Å²) in [6.07, 6.45) is -0.879. The predicted molar refractivity (Wildman–Crippen MR) is 71.6 cm³/mol. The molecule has 0 spiro atoms. The van der Waals surface area contributed by atoms with Gasteiger partial charge >= 0.3 is 0 Å². The third kappa shape index (κ3) is 2.59. The Morgan fingerprint density at radius 2 is 2.20 bits per heavy atom. The van der Waals surface area contributed by atoms with Crippen molar-refractivity contribution in [1.82, 2.24) is 10.9 Å². The summed E-state index contributed by atoms with van der Waals surface area (Å²) >= 11 is 0. The number of ether oxygens (including phenoxy) is 1. The number of hydrazine groups is 1. The first-order chi connectivity index (χ1) is 9.35. The molecule has 6 nitrogen and oxygen atoms in total. The number of fused-ring (bicyclic) bond motifs is 1. The number of nitrogens with zero attached hydrogens (tertiary/aromatic N) is 1. The van der Waals surface area contributed by atoms with E-state index in [-0.39, 0.29) is 5.91 Å². The van der Waals surface area contributed by atoms with Gasteiger partial charge in [0.15, 0.2) is 0 Å². The van der Waals surface area contributed by atoms with Crippen molar-refractivity contribution in [2.24, 2.45) is 0 Å². The second-order valence-corrected chi connectivity index (χ2v) is 5.32. The largest absolute Gasteiger partial charge is 0.485 e. The molecule has 20 heavy (non-hydrogen) atoms. The molecule has 1 amide bonds. The van der Waals surface area contributed by atoms with Crippen molar-refractivity contribution in [3.8, 4) is 11.8 Å². The van der Waals surface area contributed by atoms with Crippen LogP contribution in [-0.4, -0.2) is 22.7 Å². The summed E-state index contributed by atoms with van der Waals surface area (Å²) in [6.45, 7) is 4.90. The van der Waals surface area contributed by atoms with Gasteiger partial charge in [-0.2, -0.15) is 5.26 Å². The van der Waals surface area contributed by atoms with Gasteiger partial charge in [0.2, 0.25) is 5.91 Å². The normalized spacial score (nSPS) is 23.1. The molecule has 0 unspecified atom stereocenters. The van der Waals surface area contributed by atoms with Gasteiger partial charge in [0.05, 0.1) is 17.7 Å². The minimum absolute atomic E-state index is 0.264. The van der Waals surface area contributed by atoms with Gasteiger partial charge in [-0.25, -0.2) is 5.43 Å². The molecule has 1 aromatic carbocycles. The molecule has 2 rings (SSSR count). The molecule has 0 fully saturated rings. The van der Waals surface area contributed by atoms with E-state index in [9.17, 15) is 9.90 Å². The summed E-state index contributed by atoms with van der Waals surface area (Å²) in [4.78, 5) is 11.1. The zero-order valence-electron chi connectivity index (χ0n) is 11.6. The molecule has 1 aliphatic heterocycles. The highest BCUT2D eigenvalue weighted by Crippen LogP contribution is 2.39. The van der Waals surface area contributed by atoms with E-state index in [1.165, 1.54) is 6.92 Å². The monoisotopic (exact) mass is 275 g/mol. The Kier molecular flexibility index (Phi) is 3.66. The molecule has 0 aromatic heterocycles. The number of carbonyl (C=O) groups is 1. The average Bonchev–Trinajstić information content (AvgIpc) is 2.38. The summed E-state index contributed by atoms with van der Waals surface area (Å²) < 4.78 is 5.76. The number of carbonyl (C=O) groups excluding carboxylic acids is 1. The van der Waals surface area contributed by atoms with Gasteiger partial charge in [-0.05, 0) is 32.0 Å².